The van der Waals surface area contributed by atoms with Crippen molar-refractivity contribution in [1.29, 1.82) is 0 Å². The van der Waals surface area contributed by atoms with Crippen LogP contribution in [0.4, 0.5) is 16.4 Å². The lowest BCUT2D eigenvalue weighted by molar-refractivity contribution is 0.261. The van der Waals surface area contributed by atoms with Crippen LogP contribution in [0.25, 0.3) is 0 Å². The number of anilines is 2. The molecule has 0 fully saturated rings. The second-order valence-corrected chi connectivity index (χ2v) is 5.38. The third kappa shape index (κ3) is 3.61. The lowest BCUT2D eigenvalue weighted by atomic mass is 9.87. The van der Waals surface area contributed by atoms with Gasteiger partial charge in [-0.05, 0) is 29.2 Å². The van der Waals surface area contributed by atoms with Gasteiger partial charge in [-0.25, -0.2) is 4.79 Å². The quantitative estimate of drug-likeness (QED) is 0.847. The molecule has 0 saturated heterocycles. The minimum atomic E-state index is -0.321. The molecule has 0 unspecified atom stereocenters. The van der Waals surface area contributed by atoms with Crippen molar-refractivity contribution in [3.05, 3.63) is 48.2 Å². The molecule has 2 amide bonds. The molecule has 2 rings (SSSR count). The van der Waals surface area contributed by atoms with Crippen LogP contribution in [0.2, 0.25) is 0 Å². The van der Waals surface area contributed by atoms with Crippen LogP contribution in [0.5, 0.6) is 0 Å². The number of carbonyl (C=O) groups is 1. The van der Waals surface area contributed by atoms with E-state index in [1.807, 2.05) is 24.3 Å². The largest absolute Gasteiger partial charge is 0.449 e. The third-order valence-corrected chi connectivity index (χ3v) is 2.77. The molecule has 100 valence electrons. The first-order valence-corrected chi connectivity index (χ1v) is 6.17. The highest BCUT2D eigenvalue weighted by Gasteiger charge is 2.13. The number of benzene rings is 1. The number of hydrogen-bond acceptors (Lipinski definition) is 2. The summed E-state index contributed by atoms with van der Waals surface area (Å²) in [6.45, 7) is 6.46. The van der Waals surface area contributed by atoms with Crippen molar-refractivity contribution in [3.63, 3.8) is 0 Å². The van der Waals surface area contributed by atoms with Gasteiger partial charge in [0, 0.05) is 11.8 Å². The summed E-state index contributed by atoms with van der Waals surface area (Å²) in [4.78, 5) is 11.7. The van der Waals surface area contributed by atoms with Gasteiger partial charge in [0.25, 0.3) is 0 Å². The second kappa shape index (κ2) is 5.18. The van der Waals surface area contributed by atoms with Gasteiger partial charge in [-0.15, -0.1) is 0 Å². The van der Waals surface area contributed by atoms with Gasteiger partial charge in [0.05, 0.1) is 6.26 Å². The highest BCUT2D eigenvalue weighted by molar-refractivity contribution is 5.98. The van der Waals surface area contributed by atoms with Crippen LogP contribution in [0.15, 0.2) is 47.1 Å². The number of urea groups is 1. The smallest absolute Gasteiger partial charge is 0.326 e. The Morgan fingerprint density at radius 3 is 2.26 bits per heavy atom. The van der Waals surface area contributed by atoms with Crippen LogP contribution >= 0.6 is 0 Å². The van der Waals surface area contributed by atoms with Crippen LogP contribution in [-0.4, -0.2) is 6.03 Å². The summed E-state index contributed by atoms with van der Waals surface area (Å²) in [6, 6.07) is 10.9. The fraction of sp³-hybridized carbons (Fsp3) is 0.267. The van der Waals surface area contributed by atoms with Crippen molar-refractivity contribution >= 4 is 17.6 Å². The van der Waals surface area contributed by atoms with E-state index in [2.05, 4.69) is 31.4 Å². The molecule has 0 aliphatic carbocycles. The maximum absolute atomic E-state index is 11.7. The van der Waals surface area contributed by atoms with E-state index in [4.69, 9.17) is 4.42 Å². The van der Waals surface area contributed by atoms with Gasteiger partial charge in [0.1, 0.15) is 0 Å². The maximum Gasteiger partial charge on any atom is 0.326 e. The first kappa shape index (κ1) is 13.2. The Morgan fingerprint density at radius 2 is 1.74 bits per heavy atom. The molecular formula is C15H18N2O2. The van der Waals surface area contributed by atoms with Gasteiger partial charge in [-0.1, -0.05) is 32.9 Å². The molecule has 2 aromatic rings. The number of amides is 2. The topological polar surface area (TPSA) is 54.3 Å². The van der Waals surface area contributed by atoms with Gasteiger partial charge in [-0.2, -0.15) is 0 Å². The Kier molecular flexibility index (Phi) is 3.60. The van der Waals surface area contributed by atoms with E-state index in [0.29, 0.717) is 5.88 Å². The highest BCUT2D eigenvalue weighted by Crippen LogP contribution is 2.23. The minimum Gasteiger partial charge on any atom is -0.449 e. The molecule has 0 radical (unpaired) electrons. The summed E-state index contributed by atoms with van der Waals surface area (Å²) < 4.78 is 5.03. The average molecular weight is 258 g/mol. The maximum atomic E-state index is 11.7. The van der Waals surface area contributed by atoms with Gasteiger partial charge in [-0.3, -0.25) is 5.32 Å². The molecule has 0 saturated carbocycles. The van der Waals surface area contributed by atoms with Crippen molar-refractivity contribution in [2.45, 2.75) is 26.2 Å². The van der Waals surface area contributed by atoms with Crippen molar-refractivity contribution in [3.8, 4) is 0 Å². The first-order valence-electron chi connectivity index (χ1n) is 6.17. The molecule has 0 aliphatic heterocycles. The zero-order chi connectivity index (χ0) is 13.9. The zero-order valence-corrected chi connectivity index (χ0v) is 11.4. The van der Waals surface area contributed by atoms with Crippen molar-refractivity contribution in [2.75, 3.05) is 10.6 Å². The molecule has 0 aliphatic rings. The van der Waals surface area contributed by atoms with E-state index in [-0.39, 0.29) is 11.4 Å². The number of furan rings is 1. The van der Waals surface area contributed by atoms with E-state index in [9.17, 15) is 4.79 Å². The molecule has 2 N–H and O–H groups in total. The standard InChI is InChI=1S/C15H18N2O2/c1-15(2,3)11-6-8-12(9-7-11)16-14(18)17-13-5-4-10-19-13/h4-10H,1-3H3,(H2,16,17,18). The monoisotopic (exact) mass is 258 g/mol. The lowest BCUT2D eigenvalue weighted by Gasteiger charge is -2.19. The van der Waals surface area contributed by atoms with E-state index in [1.54, 1.807) is 12.1 Å². The van der Waals surface area contributed by atoms with Gasteiger partial charge >= 0.3 is 6.03 Å². The van der Waals surface area contributed by atoms with E-state index in [0.717, 1.165) is 5.69 Å². The predicted molar refractivity (Wildman–Crippen MR) is 76.5 cm³/mol. The van der Waals surface area contributed by atoms with Gasteiger partial charge in [0.15, 0.2) is 0 Å². The fourth-order valence-corrected chi connectivity index (χ4v) is 1.68. The van der Waals surface area contributed by atoms with Crippen LogP contribution in [-0.2, 0) is 5.41 Å². The van der Waals surface area contributed by atoms with Crippen LogP contribution < -0.4 is 10.6 Å². The molecule has 0 bridgehead atoms. The SMILES string of the molecule is CC(C)(C)c1ccc(NC(=O)Nc2ccco2)cc1. The lowest BCUT2D eigenvalue weighted by Crippen LogP contribution is -2.19. The van der Waals surface area contributed by atoms with Gasteiger partial charge < -0.3 is 9.73 Å². The Morgan fingerprint density at radius 1 is 1.05 bits per heavy atom. The zero-order valence-electron chi connectivity index (χ0n) is 11.4. The molecule has 1 heterocycles. The van der Waals surface area contributed by atoms with Crippen LogP contribution in [0.3, 0.4) is 0 Å². The third-order valence-electron chi connectivity index (χ3n) is 2.77. The Labute approximate surface area is 112 Å². The summed E-state index contributed by atoms with van der Waals surface area (Å²) >= 11 is 0. The molecule has 4 heteroatoms. The molecule has 1 aromatic carbocycles. The normalized spacial score (nSPS) is 11.1. The molecule has 0 atom stereocenters. The van der Waals surface area contributed by atoms with Crippen LogP contribution in [0.1, 0.15) is 26.3 Å². The Hall–Kier alpha value is -2.23. The van der Waals surface area contributed by atoms with E-state index < -0.39 is 0 Å². The molecule has 4 nitrogen and oxygen atoms in total. The Bertz CT molecular complexity index is 537. The summed E-state index contributed by atoms with van der Waals surface area (Å²) in [5.41, 5.74) is 2.08. The summed E-state index contributed by atoms with van der Waals surface area (Å²) in [7, 11) is 0. The summed E-state index contributed by atoms with van der Waals surface area (Å²) in [5.74, 6) is 0.420. The number of rotatable bonds is 2. The molecule has 0 spiro atoms. The number of hydrogen-bond donors (Lipinski definition) is 2. The summed E-state index contributed by atoms with van der Waals surface area (Å²) in [6.07, 6.45) is 1.51. The molecule has 19 heavy (non-hydrogen) atoms. The second-order valence-electron chi connectivity index (χ2n) is 5.38. The predicted octanol–water partition coefficient (Wildman–Crippen LogP) is 4.22. The molecular weight excluding hydrogens is 240 g/mol. The highest BCUT2D eigenvalue weighted by atomic mass is 16.3. The Balaban J connectivity index is 1.98. The number of nitrogens with one attached hydrogen (secondary N) is 2. The van der Waals surface area contributed by atoms with Crippen molar-refractivity contribution in [2.24, 2.45) is 0 Å². The molecule has 1 aromatic heterocycles. The van der Waals surface area contributed by atoms with Crippen molar-refractivity contribution in [1.82, 2.24) is 0 Å². The first-order chi connectivity index (χ1) is 8.95. The minimum absolute atomic E-state index is 0.106. The van der Waals surface area contributed by atoms with E-state index in [1.165, 1.54) is 11.8 Å². The number of carbonyl (C=O) groups excluding carboxylic acids is 1. The van der Waals surface area contributed by atoms with Crippen LogP contribution in [0, 0.1) is 0 Å². The van der Waals surface area contributed by atoms with Gasteiger partial charge in [0.2, 0.25) is 5.88 Å². The average Bonchev–Trinajstić information content (AvgIpc) is 2.81. The van der Waals surface area contributed by atoms with E-state index >= 15 is 0 Å². The van der Waals surface area contributed by atoms with Crippen molar-refractivity contribution < 1.29 is 9.21 Å². The fourth-order valence-electron chi connectivity index (χ4n) is 1.68. The summed E-state index contributed by atoms with van der Waals surface area (Å²) in [5, 5.41) is 5.35.